The van der Waals surface area contributed by atoms with E-state index in [-0.39, 0.29) is 24.4 Å². The fourth-order valence-corrected chi connectivity index (χ4v) is 3.36. The van der Waals surface area contributed by atoms with Crippen LogP contribution in [0.2, 0.25) is 0 Å². The topological polar surface area (TPSA) is 55.8 Å². The second-order valence-corrected chi connectivity index (χ2v) is 6.38. The van der Waals surface area contributed by atoms with Crippen LogP contribution < -0.4 is 10.2 Å². The fourth-order valence-electron chi connectivity index (χ4n) is 3.36. The minimum atomic E-state index is -0.247. The van der Waals surface area contributed by atoms with Gasteiger partial charge in [-0.2, -0.15) is 0 Å². The van der Waals surface area contributed by atoms with Crippen LogP contribution in [0.25, 0.3) is 0 Å². The lowest BCUT2D eigenvalue weighted by atomic mass is 9.97. The summed E-state index contributed by atoms with van der Waals surface area (Å²) in [6.07, 6.45) is 1.74. The number of rotatable bonds is 3. The SMILES string of the molecule is O=C(C1CN(c2ccc(F)cc2)CCN1)N1CCC(CO)CC1. The molecule has 2 aliphatic heterocycles. The molecule has 0 aliphatic carbocycles. The quantitative estimate of drug-likeness (QED) is 0.866. The van der Waals surface area contributed by atoms with Crippen molar-refractivity contribution in [1.82, 2.24) is 10.2 Å². The molecule has 1 atom stereocenters. The molecule has 2 heterocycles. The Morgan fingerprint density at radius 3 is 2.57 bits per heavy atom. The van der Waals surface area contributed by atoms with Crippen molar-refractivity contribution < 1.29 is 14.3 Å². The number of nitrogens with one attached hydrogen (secondary N) is 1. The van der Waals surface area contributed by atoms with E-state index in [1.165, 1.54) is 12.1 Å². The maximum absolute atomic E-state index is 13.1. The van der Waals surface area contributed by atoms with E-state index in [0.29, 0.717) is 12.5 Å². The van der Waals surface area contributed by atoms with Crippen LogP contribution in [0.3, 0.4) is 0 Å². The molecule has 2 aliphatic rings. The molecular weight excluding hydrogens is 297 g/mol. The van der Waals surface area contributed by atoms with Gasteiger partial charge in [0, 0.05) is 45.0 Å². The highest BCUT2D eigenvalue weighted by atomic mass is 19.1. The summed E-state index contributed by atoms with van der Waals surface area (Å²) in [5.74, 6) is 0.213. The Morgan fingerprint density at radius 1 is 1.22 bits per heavy atom. The number of piperazine rings is 1. The predicted octanol–water partition coefficient (Wildman–Crippen LogP) is 0.835. The van der Waals surface area contributed by atoms with Crippen molar-refractivity contribution in [2.45, 2.75) is 18.9 Å². The van der Waals surface area contributed by atoms with Gasteiger partial charge in [0.2, 0.25) is 5.91 Å². The Kier molecular flexibility index (Phi) is 5.13. The molecule has 2 saturated heterocycles. The van der Waals surface area contributed by atoms with Gasteiger partial charge in [-0.25, -0.2) is 4.39 Å². The number of anilines is 1. The molecule has 2 fully saturated rings. The van der Waals surface area contributed by atoms with Crippen LogP contribution in [0.1, 0.15) is 12.8 Å². The Bertz CT molecular complexity index is 529. The first-order valence-electron chi connectivity index (χ1n) is 8.31. The van der Waals surface area contributed by atoms with E-state index < -0.39 is 0 Å². The summed E-state index contributed by atoms with van der Waals surface area (Å²) in [7, 11) is 0. The first-order valence-corrected chi connectivity index (χ1v) is 8.31. The molecule has 0 radical (unpaired) electrons. The highest BCUT2D eigenvalue weighted by Gasteiger charge is 2.31. The second-order valence-electron chi connectivity index (χ2n) is 6.38. The van der Waals surface area contributed by atoms with Crippen molar-refractivity contribution in [2.75, 3.05) is 44.2 Å². The fraction of sp³-hybridized carbons (Fsp3) is 0.588. The smallest absolute Gasteiger partial charge is 0.241 e. The number of aliphatic hydroxyl groups excluding tert-OH is 1. The Morgan fingerprint density at radius 2 is 1.91 bits per heavy atom. The molecule has 1 amide bonds. The Balaban J connectivity index is 1.59. The number of carbonyl (C=O) groups excluding carboxylic acids is 1. The maximum atomic E-state index is 13.1. The molecule has 6 heteroatoms. The number of carbonyl (C=O) groups is 1. The molecule has 126 valence electrons. The van der Waals surface area contributed by atoms with Gasteiger partial charge in [0.15, 0.2) is 0 Å². The molecule has 1 unspecified atom stereocenters. The molecule has 23 heavy (non-hydrogen) atoms. The summed E-state index contributed by atoms with van der Waals surface area (Å²) >= 11 is 0. The molecule has 0 spiro atoms. The summed E-state index contributed by atoms with van der Waals surface area (Å²) in [5.41, 5.74) is 0.949. The van der Waals surface area contributed by atoms with Gasteiger partial charge in [-0.05, 0) is 43.0 Å². The van der Waals surface area contributed by atoms with E-state index in [1.54, 1.807) is 12.1 Å². The molecular formula is C17H24FN3O2. The van der Waals surface area contributed by atoms with Gasteiger partial charge in [-0.15, -0.1) is 0 Å². The van der Waals surface area contributed by atoms with Gasteiger partial charge in [-0.1, -0.05) is 0 Å². The number of benzene rings is 1. The largest absolute Gasteiger partial charge is 0.396 e. The average molecular weight is 321 g/mol. The molecule has 1 aromatic rings. The standard InChI is InChI=1S/C17H24FN3O2/c18-14-1-3-15(4-2-14)21-10-7-19-16(11-21)17(23)20-8-5-13(12-22)6-9-20/h1-4,13,16,19,22H,5-12H2. The number of piperidine rings is 1. The lowest BCUT2D eigenvalue weighted by molar-refractivity contribution is -0.135. The zero-order valence-electron chi connectivity index (χ0n) is 13.2. The Hall–Kier alpha value is -1.66. The maximum Gasteiger partial charge on any atom is 0.241 e. The van der Waals surface area contributed by atoms with Crippen molar-refractivity contribution in [2.24, 2.45) is 5.92 Å². The zero-order chi connectivity index (χ0) is 16.2. The highest BCUT2D eigenvalue weighted by Crippen LogP contribution is 2.20. The number of aliphatic hydroxyl groups is 1. The van der Waals surface area contributed by atoms with E-state index in [2.05, 4.69) is 10.2 Å². The number of likely N-dealkylation sites (tertiary alicyclic amines) is 1. The Labute approximate surface area is 136 Å². The summed E-state index contributed by atoms with van der Waals surface area (Å²) in [6.45, 7) is 3.80. The summed E-state index contributed by atoms with van der Waals surface area (Å²) in [5, 5.41) is 12.5. The number of amides is 1. The third-order valence-electron chi connectivity index (χ3n) is 4.85. The van der Waals surface area contributed by atoms with E-state index >= 15 is 0 Å². The normalized spacial score (nSPS) is 23.1. The van der Waals surface area contributed by atoms with Gasteiger partial charge in [0.25, 0.3) is 0 Å². The first-order chi connectivity index (χ1) is 11.2. The number of nitrogens with zero attached hydrogens (tertiary/aromatic N) is 2. The molecule has 0 saturated carbocycles. The van der Waals surface area contributed by atoms with Crippen molar-refractivity contribution in [3.8, 4) is 0 Å². The molecule has 2 N–H and O–H groups in total. The molecule has 3 rings (SSSR count). The van der Waals surface area contributed by atoms with E-state index in [1.807, 2.05) is 4.90 Å². The van der Waals surface area contributed by atoms with Gasteiger partial charge < -0.3 is 20.2 Å². The third-order valence-corrected chi connectivity index (χ3v) is 4.85. The lowest BCUT2D eigenvalue weighted by Crippen LogP contribution is -2.58. The van der Waals surface area contributed by atoms with Crippen LogP contribution in [-0.2, 0) is 4.79 Å². The van der Waals surface area contributed by atoms with Crippen molar-refractivity contribution in [3.05, 3.63) is 30.1 Å². The summed E-state index contributed by atoms with van der Waals surface area (Å²) < 4.78 is 13.1. The molecule has 0 bridgehead atoms. The second kappa shape index (κ2) is 7.27. The van der Waals surface area contributed by atoms with Gasteiger partial charge in [0.1, 0.15) is 11.9 Å². The minimum absolute atomic E-state index is 0.133. The van der Waals surface area contributed by atoms with Crippen molar-refractivity contribution in [3.63, 3.8) is 0 Å². The predicted molar refractivity (Wildman–Crippen MR) is 86.8 cm³/mol. The monoisotopic (exact) mass is 321 g/mol. The van der Waals surface area contributed by atoms with Crippen LogP contribution >= 0.6 is 0 Å². The highest BCUT2D eigenvalue weighted by molar-refractivity contribution is 5.83. The van der Waals surface area contributed by atoms with Crippen LogP contribution in [0.15, 0.2) is 24.3 Å². The van der Waals surface area contributed by atoms with Gasteiger partial charge in [0.05, 0.1) is 0 Å². The van der Waals surface area contributed by atoms with Crippen LogP contribution in [-0.4, -0.2) is 61.3 Å². The van der Waals surface area contributed by atoms with Crippen LogP contribution in [0.4, 0.5) is 10.1 Å². The first kappa shape index (κ1) is 16.2. The van der Waals surface area contributed by atoms with E-state index in [0.717, 1.165) is 44.7 Å². The number of halogens is 1. The summed E-state index contributed by atoms with van der Waals surface area (Å²) in [4.78, 5) is 16.7. The minimum Gasteiger partial charge on any atom is -0.396 e. The van der Waals surface area contributed by atoms with Crippen LogP contribution in [0, 0.1) is 11.7 Å². The van der Waals surface area contributed by atoms with Gasteiger partial charge >= 0.3 is 0 Å². The number of hydrogen-bond donors (Lipinski definition) is 2. The van der Waals surface area contributed by atoms with E-state index in [9.17, 15) is 14.3 Å². The zero-order valence-corrected chi connectivity index (χ0v) is 13.2. The summed E-state index contributed by atoms with van der Waals surface area (Å²) in [6, 6.07) is 6.20. The van der Waals surface area contributed by atoms with Gasteiger partial charge in [-0.3, -0.25) is 4.79 Å². The number of hydrogen-bond acceptors (Lipinski definition) is 4. The van der Waals surface area contributed by atoms with Crippen molar-refractivity contribution in [1.29, 1.82) is 0 Å². The lowest BCUT2D eigenvalue weighted by Gasteiger charge is -2.38. The molecule has 5 nitrogen and oxygen atoms in total. The third kappa shape index (κ3) is 3.82. The van der Waals surface area contributed by atoms with E-state index in [4.69, 9.17) is 0 Å². The molecule has 1 aromatic carbocycles. The average Bonchev–Trinajstić information content (AvgIpc) is 2.62. The van der Waals surface area contributed by atoms with Crippen molar-refractivity contribution >= 4 is 11.6 Å². The molecule has 0 aromatic heterocycles. The van der Waals surface area contributed by atoms with Crippen LogP contribution in [0.5, 0.6) is 0 Å².